The van der Waals surface area contributed by atoms with Crippen molar-refractivity contribution in [3.8, 4) is 0 Å². The van der Waals surface area contributed by atoms with Crippen LogP contribution in [0.4, 0.5) is 10.1 Å². The van der Waals surface area contributed by atoms with E-state index >= 15 is 0 Å². The lowest BCUT2D eigenvalue weighted by molar-refractivity contribution is -0.116. The first-order chi connectivity index (χ1) is 9.63. The highest BCUT2D eigenvalue weighted by atomic mass is 79.9. The van der Waals surface area contributed by atoms with E-state index in [9.17, 15) is 9.18 Å². The molecule has 0 bridgehead atoms. The summed E-state index contributed by atoms with van der Waals surface area (Å²) in [6, 6.07) is 4.26. The van der Waals surface area contributed by atoms with Crippen LogP contribution in [0, 0.1) is 5.82 Å². The summed E-state index contributed by atoms with van der Waals surface area (Å²) in [5.41, 5.74) is 0.624. The van der Waals surface area contributed by atoms with Crippen molar-refractivity contribution in [3.05, 3.63) is 28.5 Å². The first kappa shape index (κ1) is 17.2. The molecule has 0 radical (unpaired) electrons. The van der Waals surface area contributed by atoms with Crippen molar-refractivity contribution < 1.29 is 9.18 Å². The van der Waals surface area contributed by atoms with E-state index in [4.69, 9.17) is 0 Å². The number of rotatable bonds is 9. The van der Waals surface area contributed by atoms with Gasteiger partial charge in [0.15, 0.2) is 0 Å². The fraction of sp³-hybridized carbons (Fsp3) is 0.562. The number of amides is 1. The Morgan fingerprint density at radius 3 is 2.45 bits per heavy atom. The van der Waals surface area contributed by atoms with Gasteiger partial charge in [-0.25, -0.2) is 4.39 Å². The monoisotopic (exact) mass is 343 g/mol. The smallest absolute Gasteiger partial charge is 0.224 e. The Morgan fingerprint density at radius 1 is 1.15 bits per heavy atom. The molecule has 0 aliphatic rings. The van der Waals surface area contributed by atoms with Crippen LogP contribution in [0.15, 0.2) is 22.7 Å². The van der Waals surface area contributed by atoms with Crippen LogP contribution in [0.5, 0.6) is 0 Å². The molecule has 4 heteroatoms. The molecule has 112 valence electrons. The molecule has 0 aliphatic heterocycles. The molecule has 0 saturated carbocycles. The first-order valence-corrected chi connectivity index (χ1v) is 8.17. The molecule has 1 N–H and O–H groups in total. The number of halogens is 2. The topological polar surface area (TPSA) is 29.1 Å². The van der Waals surface area contributed by atoms with Gasteiger partial charge in [-0.1, -0.05) is 45.4 Å². The largest absolute Gasteiger partial charge is 0.325 e. The zero-order valence-corrected chi connectivity index (χ0v) is 13.6. The molecule has 1 aromatic rings. The summed E-state index contributed by atoms with van der Waals surface area (Å²) < 4.78 is 13.5. The summed E-state index contributed by atoms with van der Waals surface area (Å²) in [6.45, 7) is 2.21. The Kier molecular flexibility index (Phi) is 8.51. The molecule has 20 heavy (non-hydrogen) atoms. The third-order valence-corrected chi connectivity index (χ3v) is 3.87. The molecule has 0 saturated heterocycles. The van der Waals surface area contributed by atoms with Gasteiger partial charge in [-0.3, -0.25) is 4.79 Å². The summed E-state index contributed by atoms with van der Waals surface area (Å²) in [6.07, 6.45) is 8.86. The van der Waals surface area contributed by atoms with E-state index in [-0.39, 0.29) is 11.7 Å². The standard InChI is InChI=1S/C16H23BrFNO/c1-2-3-4-5-6-7-8-9-16(20)19-15-11-10-13(18)12-14(15)17/h10-12H,2-9H2,1H3,(H,19,20). The van der Waals surface area contributed by atoms with Gasteiger partial charge in [0.2, 0.25) is 5.91 Å². The lowest BCUT2D eigenvalue weighted by Gasteiger charge is -2.07. The second-order valence-corrected chi connectivity index (χ2v) is 5.90. The molecule has 2 nitrogen and oxygen atoms in total. The van der Waals surface area contributed by atoms with E-state index in [1.807, 2.05) is 0 Å². The fourth-order valence-electron chi connectivity index (χ4n) is 2.05. The molecule has 0 atom stereocenters. The van der Waals surface area contributed by atoms with Crippen LogP contribution in [0.25, 0.3) is 0 Å². The van der Waals surface area contributed by atoms with Crippen molar-refractivity contribution in [1.29, 1.82) is 0 Å². The molecule has 1 rings (SSSR count). The molecule has 0 aliphatic carbocycles. The SMILES string of the molecule is CCCCCCCCCC(=O)Nc1ccc(F)cc1Br. The van der Waals surface area contributed by atoms with Crippen molar-refractivity contribution in [1.82, 2.24) is 0 Å². The van der Waals surface area contributed by atoms with Crippen LogP contribution < -0.4 is 5.32 Å². The predicted octanol–water partition coefficient (Wildman–Crippen LogP) is 5.67. The number of nitrogens with one attached hydrogen (secondary N) is 1. The minimum absolute atomic E-state index is 0.00846. The van der Waals surface area contributed by atoms with E-state index in [2.05, 4.69) is 28.2 Å². The summed E-state index contributed by atoms with van der Waals surface area (Å²) in [5, 5.41) is 2.80. The Labute approximate surface area is 129 Å². The van der Waals surface area contributed by atoms with Crippen LogP contribution in [0.2, 0.25) is 0 Å². The second-order valence-electron chi connectivity index (χ2n) is 5.04. The molecule has 0 fully saturated rings. The van der Waals surface area contributed by atoms with Crippen molar-refractivity contribution >= 4 is 27.5 Å². The van der Waals surface area contributed by atoms with Crippen LogP contribution in [-0.2, 0) is 4.79 Å². The van der Waals surface area contributed by atoms with E-state index < -0.39 is 0 Å². The quantitative estimate of drug-likeness (QED) is 0.575. The van der Waals surface area contributed by atoms with Gasteiger partial charge in [0.05, 0.1) is 5.69 Å². The zero-order valence-electron chi connectivity index (χ0n) is 12.1. The lowest BCUT2D eigenvalue weighted by atomic mass is 10.1. The van der Waals surface area contributed by atoms with Crippen molar-refractivity contribution in [2.24, 2.45) is 0 Å². The minimum Gasteiger partial charge on any atom is -0.325 e. The third kappa shape index (κ3) is 7.04. The number of benzene rings is 1. The van der Waals surface area contributed by atoms with Crippen LogP contribution >= 0.6 is 15.9 Å². The Balaban J connectivity index is 2.17. The van der Waals surface area contributed by atoms with Gasteiger partial charge in [-0.2, -0.15) is 0 Å². The number of hydrogen-bond donors (Lipinski definition) is 1. The fourth-order valence-corrected chi connectivity index (χ4v) is 2.50. The highest BCUT2D eigenvalue weighted by Gasteiger charge is 2.06. The van der Waals surface area contributed by atoms with Gasteiger partial charge >= 0.3 is 0 Å². The lowest BCUT2D eigenvalue weighted by Crippen LogP contribution is -2.11. The summed E-state index contributed by atoms with van der Waals surface area (Å²) in [4.78, 5) is 11.8. The first-order valence-electron chi connectivity index (χ1n) is 7.38. The molecule has 1 amide bonds. The van der Waals surface area contributed by atoms with Gasteiger partial charge < -0.3 is 5.32 Å². The van der Waals surface area contributed by atoms with Crippen molar-refractivity contribution in [3.63, 3.8) is 0 Å². The molecule has 0 aromatic heterocycles. The maximum absolute atomic E-state index is 12.9. The van der Waals surface area contributed by atoms with Crippen molar-refractivity contribution in [2.75, 3.05) is 5.32 Å². The Bertz CT molecular complexity index is 423. The molecule has 0 heterocycles. The molecule has 0 spiro atoms. The van der Waals surface area contributed by atoms with Gasteiger partial charge in [0.25, 0.3) is 0 Å². The number of carbonyl (C=O) groups is 1. The normalized spacial score (nSPS) is 10.6. The number of hydrogen-bond acceptors (Lipinski definition) is 1. The van der Waals surface area contributed by atoms with E-state index in [0.29, 0.717) is 16.6 Å². The summed E-state index contributed by atoms with van der Waals surface area (Å²) in [7, 11) is 0. The Morgan fingerprint density at radius 2 is 1.80 bits per heavy atom. The predicted molar refractivity (Wildman–Crippen MR) is 85.3 cm³/mol. The van der Waals surface area contributed by atoms with Gasteiger partial charge in [-0.05, 0) is 40.5 Å². The van der Waals surface area contributed by atoms with Crippen LogP contribution in [0.3, 0.4) is 0 Å². The summed E-state index contributed by atoms with van der Waals surface area (Å²) >= 11 is 3.24. The van der Waals surface area contributed by atoms with Crippen LogP contribution in [0.1, 0.15) is 58.3 Å². The van der Waals surface area contributed by atoms with Crippen molar-refractivity contribution in [2.45, 2.75) is 58.3 Å². The average molecular weight is 344 g/mol. The minimum atomic E-state index is -0.318. The molecule has 1 aromatic carbocycles. The molecular weight excluding hydrogens is 321 g/mol. The number of unbranched alkanes of at least 4 members (excludes halogenated alkanes) is 6. The zero-order chi connectivity index (χ0) is 14.8. The number of carbonyl (C=O) groups excluding carboxylic acids is 1. The van der Waals surface area contributed by atoms with Gasteiger partial charge in [-0.15, -0.1) is 0 Å². The van der Waals surface area contributed by atoms with Crippen LogP contribution in [-0.4, -0.2) is 5.91 Å². The van der Waals surface area contributed by atoms with Gasteiger partial charge in [0.1, 0.15) is 5.82 Å². The third-order valence-electron chi connectivity index (χ3n) is 3.21. The Hall–Kier alpha value is -0.900. The average Bonchev–Trinajstić information content (AvgIpc) is 2.41. The highest BCUT2D eigenvalue weighted by Crippen LogP contribution is 2.23. The number of anilines is 1. The highest BCUT2D eigenvalue weighted by molar-refractivity contribution is 9.10. The van der Waals surface area contributed by atoms with Gasteiger partial charge in [0, 0.05) is 10.9 Å². The summed E-state index contributed by atoms with van der Waals surface area (Å²) in [5.74, 6) is -0.326. The van der Waals surface area contributed by atoms with E-state index in [1.165, 1.54) is 44.2 Å². The van der Waals surface area contributed by atoms with E-state index in [1.54, 1.807) is 6.07 Å². The maximum atomic E-state index is 12.9. The second kappa shape index (κ2) is 9.92. The molecular formula is C16H23BrFNO. The molecule has 0 unspecified atom stereocenters. The maximum Gasteiger partial charge on any atom is 0.224 e. The van der Waals surface area contributed by atoms with E-state index in [0.717, 1.165) is 12.8 Å².